The molecule has 0 radical (unpaired) electrons. The maximum Gasteiger partial charge on any atom is 0.411 e. The molecule has 0 bridgehead atoms. The van der Waals surface area contributed by atoms with Crippen LogP contribution in [0.15, 0.2) is 35.4 Å². The highest BCUT2D eigenvalue weighted by Crippen LogP contribution is 2.53. The topological polar surface area (TPSA) is 114 Å². The third kappa shape index (κ3) is 7.18. The molecule has 10 nitrogen and oxygen atoms in total. The molecule has 3 fully saturated rings. The van der Waals surface area contributed by atoms with Crippen molar-refractivity contribution in [3.8, 4) is 0 Å². The second-order valence-electron chi connectivity index (χ2n) is 15.2. The normalized spacial score (nSPS) is 26.1. The Balaban J connectivity index is 1.25. The number of methoxy groups -OCH3 is 1. The number of hydrogen-bond acceptors (Lipinski definition) is 6. The Morgan fingerprint density at radius 2 is 1.48 bits per heavy atom. The summed E-state index contributed by atoms with van der Waals surface area (Å²) in [5, 5.41) is 7.47. The van der Waals surface area contributed by atoms with E-state index in [4.69, 9.17) is 5.10 Å². The Kier molecular flexibility index (Phi) is 10.8. The van der Waals surface area contributed by atoms with Gasteiger partial charge >= 0.3 is 6.09 Å². The number of ether oxygens (including phenoxy) is 1. The van der Waals surface area contributed by atoms with E-state index in [2.05, 4.69) is 33.5 Å². The van der Waals surface area contributed by atoms with Crippen LogP contribution in [0.5, 0.6) is 0 Å². The quantitative estimate of drug-likeness (QED) is 0.362. The fourth-order valence-corrected chi connectivity index (χ4v) is 11.1. The highest BCUT2D eigenvalue weighted by molar-refractivity contribution is 7.89. The molecule has 3 unspecified atom stereocenters. The molecule has 1 aliphatic carbocycles. The maximum absolute atomic E-state index is 14.4. The van der Waals surface area contributed by atoms with Crippen LogP contribution in [0.2, 0.25) is 0 Å². The van der Waals surface area contributed by atoms with Gasteiger partial charge < -0.3 is 9.64 Å². The molecule has 2 saturated heterocycles. The van der Waals surface area contributed by atoms with Crippen molar-refractivity contribution in [3.05, 3.63) is 41.7 Å². The minimum absolute atomic E-state index is 0.127. The van der Waals surface area contributed by atoms with Gasteiger partial charge in [-0.05, 0) is 86.5 Å². The highest BCUT2D eigenvalue weighted by Gasteiger charge is 2.51. The number of anilines is 1. The van der Waals surface area contributed by atoms with E-state index >= 15 is 0 Å². The standard InChI is InChI=1S/C37H55N5O5S/c1-27-23-28(2)26-40(25-27)35(43)32-24-38-42-22-17-33(37(34(32)42)18-9-7-5-4-6-8-10-19-37)29-15-20-41(21-16-29)48(45,46)31-13-11-30(12-14-31)39-36(44)47-3/h11-14,24,27-29,33H,4-10,15-23,25-26H2,1-3H3,(H,39,44). The first-order valence-corrected chi connectivity index (χ1v) is 19.9. The van der Waals surface area contributed by atoms with Gasteiger partial charge in [0.25, 0.3) is 5.91 Å². The van der Waals surface area contributed by atoms with E-state index in [0.29, 0.717) is 42.4 Å². The first kappa shape index (κ1) is 34.9. The number of aryl methyl sites for hydroxylation is 1. The SMILES string of the molecule is COC(=O)Nc1ccc(S(=O)(=O)N2CCC(C3CCn4ncc(C(=O)N5CC(C)CC(C)C5)c4C34CCCCCCCCC4)CC2)cc1. The summed E-state index contributed by atoms with van der Waals surface area (Å²) < 4.78 is 35.9. The molecule has 6 rings (SSSR count). The fraction of sp³-hybridized carbons (Fsp3) is 0.703. The molecular formula is C37H55N5O5S. The van der Waals surface area contributed by atoms with Gasteiger partial charge in [0.15, 0.2) is 0 Å². The second kappa shape index (κ2) is 14.9. The molecule has 3 atom stereocenters. The van der Waals surface area contributed by atoms with Crippen molar-refractivity contribution < 1.29 is 22.7 Å². The lowest BCUT2D eigenvalue weighted by Gasteiger charge is -2.50. The lowest BCUT2D eigenvalue weighted by atomic mass is 9.57. The zero-order valence-electron chi connectivity index (χ0n) is 29.2. The number of rotatable bonds is 5. The Bertz CT molecular complexity index is 1510. The molecule has 264 valence electrons. The fourth-order valence-electron chi connectivity index (χ4n) is 9.68. The molecule has 4 heterocycles. The van der Waals surface area contributed by atoms with Gasteiger partial charge in [0.2, 0.25) is 10.0 Å². The average Bonchev–Trinajstić information content (AvgIpc) is 3.53. The molecule has 1 aromatic heterocycles. The lowest BCUT2D eigenvalue weighted by Crippen LogP contribution is -2.50. The number of nitrogens with one attached hydrogen (secondary N) is 1. The number of piperidine rings is 2. The van der Waals surface area contributed by atoms with Crippen LogP contribution in [0.25, 0.3) is 0 Å². The number of benzene rings is 1. The van der Waals surface area contributed by atoms with Crippen LogP contribution in [0.3, 0.4) is 0 Å². The summed E-state index contributed by atoms with van der Waals surface area (Å²) in [6, 6.07) is 6.28. The Labute approximate surface area is 287 Å². The molecule has 4 aliphatic rings. The van der Waals surface area contributed by atoms with Crippen LogP contribution in [-0.4, -0.2) is 72.7 Å². The number of likely N-dealkylation sites (tertiary alicyclic amines) is 1. The van der Waals surface area contributed by atoms with Gasteiger partial charge in [0.05, 0.1) is 29.5 Å². The molecule has 1 spiro atoms. The first-order valence-electron chi connectivity index (χ1n) is 18.4. The van der Waals surface area contributed by atoms with Crippen LogP contribution in [0.1, 0.15) is 113 Å². The highest BCUT2D eigenvalue weighted by atomic mass is 32.2. The number of carbonyl (C=O) groups excluding carboxylic acids is 2. The number of sulfonamides is 1. The largest absolute Gasteiger partial charge is 0.453 e. The maximum atomic E-state index is 14.4. The first-order chi connectivity index (χ1) is 23.1. The molecule has 48 heavy (non-hydrogen) atoms. The van der Waals surface area contributed by atoms with Crippen molar-refractivity contribution in [1.29, 1.82) is 0 Å². The number of nitrogens with zero attached hydrogens (tertiary/aromatic N) is 4. The van der Waals surface area contributed by atoms with Gasteiger partial charge in [-0.25, -0.2) is 13.2 Å². The molecule has 11 heteroatoms. The van der Waals surface area contributed by atoms with Crippen LogP contribution < -0.4 is 5.32 Å². The minimum atomic E-state index is -3.67. The number of fused-ring (bicyclic) bond motifs is 2. The monoisotopic (exact) mass is 681 g/mol. The predicted octanol–water partition coefficient (Wildman–Crippen LogP) is 7.06. The van der Waals surface area contributed by atoms with Crippen molar-refractivity contribution in [2.45, 2.75) is 114 Å². The predicted molar refractivity (Wildman–Crippen MR) is 186 cm³/mol. The van der Waals surface area contributed by atoms with Gasteiger partial charge in [0.1, 0.15) is 0 Å². The number of carbonyl (C=O) groups is 2. The van der Waals surface area contributed by atoms with E-state index in [9.17, 15) is 18.0 Å². The van der Waals surface area contributed by atoms with E-state index < -0.39 is 16.1 Å². The van der Waals surface area contributed by atoms with Gasteiger partial charge in [-0.1, -0.05) is 58.8 Å². The van der Waals surface area contributed by atoms with Crippen molar-refractivity contribution >= 4 is 27.7 Å². The van der Waals surface area contributed by atoms with Gasteiger partial charge in [-0.15, -0.1) is 0 Å². The van der Waals surface area contributed by atoms with E-state index in [1.54, 1.807) is 28.6 Å². The number of amides is 2. The average molecular weight is 682 g/mol. The van der Waals surface area contributed by atoms with Gasteiger partial charge in [-0.2, -0.15) is 9.40 Å². The molecule has 1 saturated carbocycles. The summed E-state index contributed by atoms with van der Waals surface area (Å²) in [6.45, 7) is 7.90. The summed E-state index contributed by atoms with van der Waals surface area (Å²) in [7, 11) is -2.39. The van der Waals surface area contributed by atoms with E-state index in [1.165, 1.54) is 44.9 Å². The van der Waals surface area contributed by atoms with Crippen molar-refractivity contribution in [2.24, 2.45) is 23.7 Å². The lowest BCUT2D eigenvalue weighted by molar-refractivity contribution is 0.0573. The van der Waals surface area contributed by atoms with Crippen molar-refractivity contribution in [2.75, 3.05) is 38.6 Å². The zero-order valence-corrected chi connectivity index (χ0v) is 30.0. The summed E-state index contributed by atoms with van der Waals surface area (Å²) in [5.74, 6) is 1.92. The van der Waals surface area contributed by atoms with Crippen molar-refractivity contribution in [1.82, 2.24) is 19.0 Å². The van der Waals surface area contributed by atoms with Crippen LogP contribution in [-0.2, 0) is 26.7 Å². The Hall–Kier alpha value is -2.92. The molecule has 2 aromatic rings. The molecular weight excluding hydrogens is 627 g/mol. The summed E-state index contributed by atoms with van der Waals surface area (Å²) in [6.07, 6.45) is 15.8. The Morgan fingerprint density at radius 3 is 2.08 bits per heavy atom. The third-order valence-corrected chi connectivity index (χ3v) is 13.7. The number of aromatic nitrogens is 2. The van der Waals surface area contributed by atoms with Crippen LogP contribution in [0, 0.1) is 23.7 Å². The number of hydrogen-bond donors (Lipinski definition) is 1. The molecule has 1 N–H and O–H groups in total. The minimum Gasteiger partial charge on any atom is -0.453 e. The van der Waals surface area contributed by atoms with Gasteiger partial charge in [0, 0.05) is 43.8 Å². The molecule has 1 aromatic carbocycles. The summed E-state index contributed by atoms with van der Waals surface area (Å²) in [5.41, 5.74) is 2.36. The van der Waals surface area contributed by atoms with E-state index in [-0.39, 0.29) is 16.2 Å². The van der Waals surface area contributed by atoms with Gasteiger partial charge in [-0.3, -0.25) is 14.8 Å². The smallest absolute Gasteiger partial charge is 0.411 e. The van der Waals surface area contributed by atoms with E-state index in [0.717, 1.165) is 76.6 Å². The summed E-state index contributed by atoms with van der Waals surface area (Å²) >= 11 is 0. The third-order valence-electron chi connectivity index (χ3n) is 11.8. The second-order valence-corrected chi connectivity index (χ2v) is 17.1. The zero-order chi connectivity index (χ0) is 33.9. The van der Waals surface area contributed by atoms with Crippen LogP contribution in [0.4, 0.5) is 10.5 Å². The molecule has 2 amide bonds. The van der Waals surface area contributed by atoms with E-state index in [1.807, 2.05) is 6.20 Å². The molecule has 3 aliphatic heterocycles. The van der Waals surface area contributed by atoms with Crippen LogP contribution >= 0.6 is 0 Å². The summed E-state index contributed by atoms with van der Waals surface area (Å²) in [4.78, 5) is 28.2. The van der Waals surface area contributed by atoms with Crippen molar-refractivity contribution in [3.63, 3.8) is 0 Å². The Morgan fingerprint density at radius 1 is 0.875 bits per heavy atom.